The number of aryl methyl sites for hydroxylation is 1. The Morgan fingerprint density at radius 3 is 2.44 bits per heavy atom. The van der Waals surface area contributed by atoms with Crippen LogP contribution >= 0.6 is 11.8 Å². The Balaban J connectivity index is 2.71. The summed E-state index contributed by atoms with van der Waals surface area (Å²) in [6.45, 7) is 1.91. The van der Waals surface area contributed by atoms with Gasteiger partial charge < -0.3 is 0 Å². The van der Waals surface area contributed by atoms with Crippen LogP contribution in [-0.4, -0.2) is 25.1 Å². The average Bonchev–Trinajstić information content (AvgIpc) is 2.17. The largest absolute Gasteiger partial charge is 0.299 e. The van der Waals surface area contributed by atoms with Gasteiger partial charge in [0, 0.05) is 5.75 Å². The third-order valence-electron chi connectivity index (χ3n) is 2.00. The Labute approximate surface area is 99.7 Å². The standard InChI is InChI=1S/C10H14N2O2S2/c1-8-2-4-9(5-3-8)16(13,14)7-6-15-10(11)12/h2-5H,6-7H2,1H3,(H3,11,12)/p+1. The van der Waals surface area contributed by atoms with Gasteiger partial charge in [-0.25, -0.2) is 8.42 Å². The minimum atomic E-state index is -3.22. The molecule has 6 heteroatoms. The summed E-state index contributed by atoms with van der Waals surface area (Å²) in [4.78, 5) is 0.342. The molecule has 0 bridgehead atoms. The number of benzene rings is 1. The monoisotopic (exact) mass is 259 g/mol. The fraction of sp³-hybridized carbons (Fsp3) is 0.300. The molecule has 0 saturated heterocycles. The highest BCUT2D eigenvalue weighted by Gasteiger charge is 2.14. The van der Waals surface area contributed by atoms with E-state index >= 15 is 0 Å². The van der Waals surface area contributed by atoms with E-state index in [0.717, 1.165) is 17.3 Å². The van der Waals surface area contributed by atoms with Gasteiger partial charge >= 0.3 is 0 Å². The molecule has 16 heavy (non-hydrogen) atoms. The molecule has 1 aromatic carbocycles. The Hall–Kier alpha value is -1.01. The molecule has 0 spiro atoms. The minimum Gasteiger partial charge on any atom is -0.282 e. The van der Waals surface area contributed by atoms with Gasteiger partial charge in [0.05, 0.1) is 10.6 Å². The van der Waals surface area contributed by atoms with Crippen molar-refractivity contribution in [2.45, 2.75) is 11.8 Å². The lowest BCUT2D eigenvalue weighted by Crippen LogP contribution is -2.43. The van der Waals surface area contributed by atoms with Crippen LogP contribution in [0.2, 0.25) is 0 Å². The van der Waals surface area contributed by atoms with Gasteiger partial charge in [-0.1, -0.05) is 17.7 Å². The molecule has 88 valence electrons. The predicted octanol–water partition coefficient (Wildman–Crippen LogP) is -0.424. The van der Waals surface area contributed by atoms with Crippen molar-refractivity contribution in [3.8, 4) is 0 Å². The van der Waals surface area contributed by atoms with Gasteiger partial charge in [-0.15, -0.1) is 0 Å². The number of hydrogen-bond donors (Lipinski definition) is 2. The number of nitrogens with two attached hydrogens (primary N) is 2. The molecule has 4 N–H and O–H groups in total. The molecule has 0 aliphatic carbocycles. The molecule has 0 aliphatic heterocycles. The van der Waals surface area contributed by atoms with Crippen molar-refractivity contribution in [1.29, 1.82) is 0 Å². The smallest absolute Gasteiger partial charge is 0.282 e. The molecule has 0 unspecified atom stereocenters. The van der Waals surface area contributed by atoms with E-state index in [-0.39, 0.29) is 10.9 Å². The number of hydrogen-bond acceptors (Lipinski definition) is 3. The molecular formula is C10H15N2O2S2+. The predicted molar refractivity (Wildman–Crippen MR) is 66.8 cm³/mol. The summed E-state index contributed by atoms with van der Waals surface area (Å²) >= 11 is 1.15. The number of amidine groups is 1. The van der Waals surface area contributed by atoms with E-state index in [4.69, 9.17) is 11.1 Å². The second kappa shape index (κ2) is 5.36. The highest BCUT2D eigenvalue weighted by atomic mass is 32.2. The Kier molecular flexibility index (Phi) is 4.37. The van der Waals surface area contributed by atoms with Gasteiger partial charge in [0.2, 0.25) is 0 Å². The Bertz CT molecular complexity index is 466. The Morgan fingerprint density at radius 1 is 1.38 bits per heavy atom. The van der Waals surface area contributed by atoms with E-state index in [1.807, 2.05) is 6.92 Å². The first-order chi connectivity index (χ1) is 7.42. The third kappa shape index (κ3) is 3.86. The van der Waals surface area contributed by atoms with Crippen molar-refractivity contribution in [3.63, 3.8) is 0 Å². The van der Waals surface area contributed by atoms with Gasteiger partial charge in [0.15, 0.2) is 9.84 Å². The summed E-state index contributed by atoms with van der Waals surface area (Å²) in [6, 6.07) is 6.79. The maximum absolute atomic E-state index is 11.8. The van der Waals surface area contributed by atoms with E-state index in [1.54, 1.807) is 24.3 Å². The molecule has 0 fully saturated rings. The zero-order valence-corrected chi connectivity index (χ0v) is 10.6. The van der Waals surface area contributed by atoms with Crippen molar-refractivity contribution < 1.29 is 13.8 Å². The molecular weight excluding hydrogens is 244 g/mol. The van der Waals surface area contributed by atoms with Crippen LogP contribution in [0.3, 0.4) is 0 Å². The highest BCUT2D eigenvalue weighted by molar-refractivity contribution is 8.14. The summed E-state index contributed by atoms with van der Waals surface area (Å²) in [6.07, 6.45) is 0. The van der Waals surface area contributed by atoms with Gasteiger partial charge in [-0.2, -0.15) is 0 Å². The molecule has 0 radical (unpaired) electrons. The van der Waals surface area contributed by atoms with Crippen molar-refractivity contribution in [2.24, 2.45) is 5.73 Å². The summed E-state index contributed by atoms with van der Waals surface area (Å²) < 4.78 is 23.6. The molecule has 4 nitrogen and oxygen atoms in total. The molecule has 0 heterocycles. The molecule has 0 aromatic heterocycles. The maximum Gasteiger partial charge on any atom is 0.299 e. The lowest BCUT2D eigenvalue weighted by molar-refractivity contribution is -0.110. The first kappa shape index (κ1) is 13.1. The SMILES string of the molecule is Cc1ccc(S(=O)(=O)CCSC(N)=[NH2+])cc1. The van der Waals surface area contributed by atoms with E-state index in [2.05, 4.69) is 0 Å². The zero-order chi connectivity index (χ0) is 12.2. The molecule has 1 aromatic rings. The van der Waals surface area contributed by atoms with Gasteiger partial charge in [-0.3, -0.25) is 11.1 Å². The Morgan fingerprint density at radius 2 is 1.94 bits per heavy atom. The quantitative estimate of drug-likeness (QED) is 0.568. The highest BCUT2D eigenvalue weighted by Crippen LogP contribution is 2.13. The van der Waals surface area contributed by atoms with E-state index in [9.17, 15) is 8.42 Å². The second-order valence-electron chi connectivity index (χ2n) is 3.38. The van der Waals surface area contributed by atoms with Crippen LogP contribution in [-0.2, 0) is 9.84 Å². The number of rotatable bonds is 4. The lowest BCUT2D eigenvalue weighted by atomic mass is 10.2. The minimum absolute atomic E-state index is 0.0403. The summed E-state index contributed by atoms with van der Waals surface area (Å²) in [5, 5.41) is 5.44. The topological polar surface area (TPSA) is 85.8 Å². The van der Waals surface area contributed by atoms with Crippen LogP contribution in [0, 0.1) is 6.92 Å². The van der Waals surface area contributed by atoms with Crippen LogP contribution in [0.4, 0.5) is 0 Å². The average molecular weight is 259 g/mol. The lowest BCUT2D eigenvalue weighted by Gasteiger charge is -2.03. The fourth-order valence-corrected chi connectivity index (χ4v) is 3.37. The van der Waals surface area contributed by atoms with E-state index in [1.165, 1.54) is 0 Å². The molecule has 0 aliphatic rings. The number of thioether (sulfide) groups is 1. The van der Waals surface area contributed by atoms with Gasteiger partial charge in [0.25, 0.3) is 5.17 Å². The van der Waals surface area contributed by atoms with E-state index < -0.39 is 9.84 Å². The van der Waals surface area contributed by atoms with Gasteiger partial charge in [0.1, 0.15) is 0 Å². The third-order valence-corrected chi connectivity index (χ3v) is 4.73. The van der Waals surface area contributed by atoms with E-state index in [0.29, 0.717) is 10.6 Å². The van der Waals surface area contributed by atoms with Crippen LogP contribution < -0.4 is 11.1 Å². The van der Waals surface area contributed by atoms with Crippen LogP contribution in [0.1, 0.15) is 5.56 Å². The van der Waals surface area contributed by atoms with Crippen LogP contribution in [0.5, 0.6) is 0 Å². The number of sulfone groups is 1. The van der Waals surface area contributed by atoms with Crippen LogP contribution in [0.25, 0.3) is 0 Å². The van der Waals surface area contributed by atoms with Crippen molar-refractivity contribution in [1.82, 2.24) is 0 Å². The summed E-state index contributed by atoms with van der Waals surface area (Å²) in [5.74, 6) is 0.414. The van der Waals surface area contributed by atoms with Crippen molar-refractivity contribution >= 4 is 26.8 Å². The molecule has 0 amide bonds. The second-order valence-corrected chi connectivity index (χ2v) is 6.66. The maximum atomic E-state index is 11.8. The fourth-order valence-electron chi connectivity index (χ4n) is 1.13. The summed E-state index contributed by atoms with van der Waals surface area (Å²) in [5.41, 5.74) is 6.28. The zero-order valence-electron chi connectivity index (χ0n) is 9.01. The van der Waals surface area contributed by atoms with Crippen molar-refractivity contribution in [2.75, 3.05) is 11.5 Å². The summed E-state index contributed by atoms with van der Waals surface area (Å²) in [7, 11) is -3.22. The van der Waals surface area contributed by atoms with Crippen LogP contribution in [0.15, 0.2) is 29.2 Å². The molecule has 0 saturated carbocycles. The van der Waals surface area contributed by atoms with Gasteiger partial charge in [-0.05, 0) is 30.8 Å². The molecule has 1 rings (SSSR count). The first-order valence-electron chi connectivity index (χ1n) is 4.72. The molecule has 0 atom stereocenters. The first-order valence-corrected chi connectivity index (χ1v) is 7.36. The van der Waals surface area contributed by atoms with Crippen molar-refractivity contribution in [3.05, 3.63) is 29.8 Å². The normalized spacial score (nSPS) is 11.3.